The Hall–Kier alpha value is -3.15. The number of hydrogen-bond donors (Lipinski definition) is 1. The first-order valence-electron chi connectivity index (χ1n) is 13.3. The molecule has 1 fully saturated rings. The Kier molecular flexibility index (Phi) is 10.6. The fourth-order valence-electron chi connectivity index (χ4n) is 4.80. The van der Waals surface area contributed by atoms with Crippen molar-refractivity contribution in [3.05, 3.63) is 65.5 Å². The average Bonchev–Trinajstić information content (AvgIpc) is 2.89. The van der Waals surface area contributed by atoms with Crippen molar-refractivity contribution in [1.82, 2.24) is 10.2 Å². The first kappa shape index (κ1) is 31.4. The third-order valence-electron chi connectivity index (χ3n) is 7.03. The number of nitrogens with one attached hydrogen (secondary N) is 1. The maximum absolute atomic E-state index is 14.5. The van der Waals surface area contributed by atoms with Gasteiger partial charge in [0.25, 0.3) is 0 Å². The van der Waals surface area contributed by atoms with E-state index in [9.17, 15) is 35.6 Å². The Morgan fingerprint density at radius 3 is 2.35 bits per heavy atom. The van der Waals surface area contributed by atoms with Gasteiger partial charge in [0.05, 0.1) is 17.5 Å². The number of anilines is 1. The molecule has 0 heterocycles. The van der Waals surface area contributed by atoms with Crippen molar-refractivity contribution < 1.29 is 35.6 Å². The zero-order valence-corrected chi connectivity index (χ0v) is 23.4. The van der Waals surface area contributed by atoms with Gasteiger partial charge in [0.15, 0.2) is 0 Å². The first-order valence-corrected chi connectivity index (χ1v) is 15.1. The number of amides is 2. The van der Waals surface area contributed by atoms with Crippen molar-refractivity contribution >= 4 is 27.5 Å². The van der Waals surface area contributed by atoms with E-state index >= 15 is 0 Å². The fraction of sp³-hybridized carbons (Fsp3) is 0.500. The Balaban J connectivity index is 1.75. The smallest absolute Gasteiger partial charge is 0.352 e. The second-order valence-corrected chi connectivity index (χ2v) is 12.0. The minimum Gasteiger partial charge on any atom is -0.352 e. The second-order valence-electron chi connectivity index (χ2n) is 10.1. The molecule has 3 rings (SSSR count). The van der Waals surface area contributed by atoms with Crippen LogP contribution in [0.5, 0.6) is 0 Å². The number of rotatable bonds is 11. The SMILES string of the molecule is CC(C(=O)NC1CCCCC1)N(Cc1ccccc1F)C(=O)CCCN(c1cccc(C(F)(F)F)c1)S(C)(=O)=O. The van der Waals surface area contributed by atoms with Crippen LogP contribution >= 0.6 is 0 Å². The summed E-state index contributed by atoms with van der Waals surface area (Å²) in [6.45, 7) is 1.12. The van der Waals surface area contributed by atoms with Crippen molar-refractivity contribution in [2.75, 3.05) is 17.1 Å². The van der Waals surface area contributed by atoms with Gasteiger partial charge >= 0.3 is 6.18 Å². The highest BCUT2D eigenvalue weighted by Crippen LogP contribution is 2.32. The second kappa shape index (κ2) is 13.5. The molecular weight excluding hydrogens is 550 g/mol. The van der Waals surface area contributed by atoms with Crippen molar-refractivity contribution in [3.63, 3.8) is 0 Å². The number of alkyl halides is 3. The van der Waals surface area contributed by atoms with Crippen molar-refractivity contribution in [3.8, 4) is 0 Å². The van der Waals surface area contributed by atoms with Gasteiger partial charge in [0.1, 0.15) is 11.9 Å². The number of carbonyl (C=O) groups is 2. The van der Waals surface area contributed by atoms with Crippen LogP contribution in [-0.4, -0.2) is 50.0 Å². The van der Waals surface area contributed by atoms with Crippen LogP contribution in [0.2, 0.25) is 0 Å². The lowest BCUT2D eigenvalue weighted by atomic mass is 9.95. The molecule has 0 aromatic heterocycles. The topological polar surface area (TPSA) is 86.8 Å². The van der Waals surface area contributed by atoms with Gasteiger partial charge in [0, 0.05) is 31.1 Å². The molecule has 12 heteroatoms. The van der Waals surface area contributed by atoms with Crippen molar-refractivity contribution in [1.29, 1.82) is 0 Å². The Morgan fingerprint density at radius 1 is 1.05 bits per heavy atom. The summed E-state index contributed by atoms with van der Waals surface area (Å²) in [5.74, 6) is -1.40. The Morgan fingerprint density at radius 2 is 1.73 bits per heavy atom. The molecule has 0 spiro atoms. The molecule has 1 aliphatic carbocycles. The van der Waals surface area contributed by atoms with Gasteiger partial charge in [-0.2, -0.15) is 13.2 Å². The van der Waals surface area contributed by atoms with E-state index < -0.39 is 39.5 Å². The zero-order chi connectivity index (χ0) is 29.5. The van der Waals surface area contributed by atoms with Crippen LogP contribution < -0.4 is 9.62 Å². The number of nitrogens with zero attached hydrogens (tertiary/aromatic N) is 2. The molecule has 2 aromatic rings. The van der Waals surface area contributed by atoms with E-state index in [2.05, 4.69) is 5.32 Å². The lowest BCUT2D eigenvalue weighted by Gasteiger charge is -2.31. The number of halogens is 4. The Labute approximate surface area is 232 Å². The first-order chi connectivity index (χ1) is 18.8. The molecule has 0 radical (unpaired) electrons. The van der Waals surface area contributed by atoms with Crippen LogP contribution in [0.1, 0.15) is 63.0 Å². The van der Waals surface area contributed by atoms with Gasteiger partial charge in [0.2, 0.25) is 21.8 Å². The summed E-state index contributed by atoms with van der Waals surface area (Å²) in [6.07, 6.45) is 0.763. The molecule has 1 aliphatic rings. The van der Waals surface area contributed by atoms with Gasteiger partial charge < -0.3 is 10.2 Å². The highest BCUT2D eigenvalue weighted by molar-refractivity contribution is 7.92. The quantitative estimate of drug-likeness (QED) is 0.365. The molecule has 7 nitrogen and oxygen atoms in total. The minimum atomic E-state index is -4.66. The van der Waals surface area contributed by atoms with Crippen LogP contribution in [0.4, 0.5) is 23.2 Å². The number of benzene rings is 2. The monoisotopic (exact) mass is 585 g/mol. The van der Waals surface area contributed by atoms with Crippen LogP contribution in [0.3, 0.4) is 0 Å². The summed E-state index contributed by atoms with van der Waals surface area (Å²) < 4.78 is 79.7. The molecule has 0 bridgehead atoms. The number of carbonyl (C=O) groups excluding carboxylic acids is 2. The van der Waals surface area contributed by atoms with E-state index in [0.29, 0.717) is 0 Å². The van der Waals surface area contributed by atoms with E-state index in [4.69, 9.17) is 0 Å². The molecule has 0 aliphatic heterocycles. The van der Waals surface area contributed by atoms with E-state index in [0.717, 1.165) is 60.9 Å². The maximum atomic E-state index is 14.5. The summed E-state index contributed by atoms with van der Waals surface area (Å²) >= 11 is 0. The highest BCUT2D eigenvalue weighted by atomic mass is 32.2. The highest BCUT2D eigenvalue weighted by Gasteiger charge is 2.32. The molecule has 40 heavy (non-hydrogen) atoms. The predicted molar refractivity (Wildman–Crippen MR) is 144 cm³/mol. The predicted octanol–water partition coefficient (Wildman–Crippen LogP) is 5.26. The third kappa shape index (κ3) is 8.67. The number of hydrogen-bond acceptors (Lipinski definition) is 4. The lowest BCUT2D eigenvalue weighted by Crippen LogP contribution is -2.50. The third-order valence-corrected chi connectivity index (χ3v) is 8.23. The summed E-state index contributed by atoms with van der Waals surface area (Å²) in [7, 11) is -3.97. The molecular formula is C28H35F4N3O4S. The summed E-state index contributed by atoms with van der Waals surface area (Å²) in [5.41, 5.74) is -0.952. The summed E-state index contributed by atoms with van der Waals surface area (Å²) in [6, 6.07) is 8.92. The molecule has 1 unspecified atom stereocenters. The Bertz CT molecular complexity index is 1280. The van der Waals surface area contributed by atoms with E-state index in [-0.39, 0.29) is 49.1 Å². The van der Waals surface area contributed by atoms with E-state index in [1.165, 1.54) is 29.2 Å². The normalized spacial score (nSPS) is 15.3. The largest absolute Gasteiger partial charge is 0.416 e. The van der Waals surface area contributed by atoms with Gasteiger partial charge in [-0.05, 0) is 50.5 Å². The van der Waals surface area contributed by atoms with Crippen molar-refractivity contribution in [2.45, 2.75) is 76.7 Å². The van der Waals surface area contributed by atoms with Crippen LogP contribution in [0, 0.1) is 5.82 Å². The lowest BCUT2D eigenvalue weighted by molar-refractivity contribution is -0.141. The van der Waals surface area contributed by atoms with Gasteiger partial charge in [-0.15, -0.1) is 0 Å². The maximum Gasteiger partial charge on any atom is 0.416 e. The minimum absolute atomic E-state index is 0.00453. The fourth-order valence-corrected chi connectivity index (χ4v) is 5.76. The molecule has 1 N–H and O–H groups in total. The van der Waals surface area contributed by atoms with E-state index in [1.54, 1.807) is 13.0 Å². The van der Waals surface area contributed by atoms with Crippen LogP contribution in [0.15, 0.2) is 48.5 Å². The molecule has 220 valence electrons. The van der Waals surface area contributed by atoms with Crippen molar-refractivity contribution in [2.24, 2.45) is 0 Å². The van der Waals surface area contributed by atoms with Gasteiger partial charge in [-0.1, -0.05) is 43.5 Å². The number of sulfonamides is 1. The average molecular weight is 586 g/mol. The van der Waals surface area contributed by atoms with Gasteiger partial charge in [-0.25, -0.2) is 12.8 Å². The molecule has 1 atom stereocenters. The standard InChI is InChI=1S/C28H35F4N3O4S/c1-20(27(37)33-23-12-4-3-5-13-23)34(19-21-10-6-7-15-25(21)29)26(36)16-9-17-35(40(2,38)39)24-14-8-11-22(18-24)28(30,31)32/h6-8,10-11,14-15,18,20,23H,3-5,9,12-13,16-17,19H2,1-2H3,(H,33,37). The van der Waals surface area contributed by atoms with Crippen LogP contribution in [-0.2, 0) is 32.3 Å². The molecule has 2 aromatic carbocycles. The molecule has 2 amide bonds. The van der Waals surface area contributed by atoms with E-state index in [1.807, 2.05) is 0 Å². The summed E-state index contributed by atoms with van der Waals surface area (Å²) in [4.78, 5) is 27.7. The van der Waals surface area contributed by atoms with Crippen LogP contribution in [0.25, 0.3) is 0 Å². The zero-order valence-electron chi connectivity index (χ0n) is 22.6. The molecule has 1 saturated carbocycles. The molecule has 0 saturated heterocycles. The van der Waals surface area contributed by atoms with Gasteiger partial charge in [-0.3, -0.25) is 13.9 Å². The summed E-state index contributed by atoms with van der Waals surface area (Å²) in [5, 5.41) is 2.98.